The zero-order chi connectivity index (χ0) is 13.8. The standard InChI is InChI=1S/C18H28N2/c1-2-6-17-14-20(12-11-19-17)13-16-9-5-8-15-7-3-4-10-18(15)16/h3-4,7,10,16-17,19H,2,5-6,8-9,11-14H2,1H3. The fraction of sp³-hybridized carbons (Fsp3) is 0.667. The van der Waals surface area contributed by atoms with Crippen LogP contribution in [0.3, 0.4) is 0 Å². The summed E-state index contributed by atoms with van der Waals surface area (Å²) in [6.45, 7) is 7.18. The molecule has 2 atom stereocenters. The predicted molar refractivity (Wildman–Crippen MR) is 85.3 cm³/mol. The summed E-state index contributed by atoms with van der Waals surface area (Å²) in [6.07, 6.45) is 6.63. The highest BCUT2D eigenvalue weighted by atomic mass is 15.2. The number of piperazine rings is 1. The summed E-state index contributed by atoms with van der Waals surface area (Å²) in [5.41, 5.74) is 3.23. The van der Waals surface area contributed by atoms with Crippen molar-refractivity contribution in [3.05, 3.63) is 35.4 Å². The molecule has 2 heteroatoms. The van der Waals surface area contributed by atoms with E-state index in [0.717, 1.165) is 5.92 Å². The van der Waals surface area contributed by atoms with Crippen molar-refractivity contribution in [1.29, 1.82) is 0 Å². The molecule has 2 aliphatic rings. The van der Waals surface area contributed by atoms with E-state index < -0.39 is 0 Å². The van der Waals surface area contributed by atoms with E-state index in [4.69, 9.17) is 0 Å². The van der Waals surface area contributed by atoms with Crippen LogP contribution in [0.15, 0.2) is 24.3 Å². The molecule has 0 aromatic heterocycles. The molecular weight excluding hydrogens is 244 g/mol. The largest absolute Gasteiger partial charge is 0.311 e. The Bertz CT molecular complexity index is 427. The first-order valence-electron chi connectivity index (χ1n) is 8.40. The molecule has 2 nitrogen and oxygen atoms in total. The first-order valence-corrected chi connectivity index (χ1v) is 8.40. The summed E-state index contributed by atoms with van der Waals surface area (Å²) in [5, 5.41) is 3.66. The Hall–Kier alpha value is -0.860. The molecule has 2 unspecified atom stereocenters. The van der Waals surface area contributed by atoms with Gasteiger partial charge in [-0.2, -0.15) is 0 Å². The van der Waals surface area contributed by atoms with E-state index in [1.807, 2.05) is 0 Å². The van der Waals surface area contributed by atoms with Crippen molar-refractivity contribution >= 4 is 0 Å². The van der Waals surface area contributed by atoms with Crippen molar-refractivity contribution in [2.24, 2.45) is 0 Å². The quantitative estimate of drug-likeness (QED) is 0.905. The highest BCUT2D eigenvalue weighted by Gasteiger charge is 2.25. The zero-order valence-electron chi connectivity index (χ0n) is 12.8. The second kappa shape index (κ2) is 6.73. The van der Waals surface area contributed by atoms with Gasteiger partial charge in [0.15, 0.2) is 0 Å². The normalized spacial score (nSPS) is 27.2. The van der Waals surface area contributed by atoms with E-state index in [1.54, 1.807) is 11.1 Å². The fourth-order valence-electron chi connectivity index (χ4n) is 3.96. The summed E-state index contributed by atoms with van der Waals surface area (Å²) in [6, 6.07) is 9.83. The summed E-state index contributed by atoms with van der Waals surface area (Å²) < 4.78 is 0. The van der Waals surface area contributed by atoms with Crippen LogP contribution in [0.5, 0.6) is 0 Å². The van der Waals surface area contributed by atoms with E-state index in [1.165, 1.54) is 58.3 Å². The van der Waals surface area contributed by atoms with Gasteiger partial charge >= 0.3 is 0 Å². The predicted octanol–water partition coefficient (Wildman–Crippen LogP) is 3.18. The van der Waals surface area contributed by atoms with Gasteiger partial charge in [-0.1, -0.05) is 37.6 Å². The smallest absolute Gasteiger partial charge is 0.0195 e. The number of rotatable bonds is 4. The van der Waals surface area contributed by atoms with Gasteiger partial charge in [0.05, 0.1) is 0 Å². The van der Waals surface area contributed by atoms with Gasteiger partial charge in [-0.15, -0.1) is 0 Å². The molecule has 0 saturated carbocycles. The van der Waals surface area contributed by atoms with Gasteiger partial charge in [-0.3, -0.25) is 4.90 Å². The fourth-order valence-corrected chi connectivity index (χ4v) is 3.96. The third-order valence-corrected chi connectivity index (χ3v) is 4.95. The highest BCUT2D eigenvalue weighted by Crippen LogP contribution is 2.32. The van der Waals surface area contributed by atoms with Gasteiger partial charge in [0.1, 0.15) is 0 Å². The molecule has 3 rings (SSSR count). The van der Waals surface area contributed by atoms with Gasteiger partial charge in [0.2, 0.25) is 0 Å². The summed E-state index contributed by atoms with van der Waals surface area (Å²) in [4.78, 5) is 2.70. The van der Waals surface area contributed by atoms with Crippen LogP contribution in [0.4, 0.5) is 0 Å². The lowest BCUT2D eigenvalue weighted by Crippen LogP contribution is -2.51. The Balaban J connectivity index is 1.63. The summed E-state index contributed by atoms with van der Waals surface area (Å²) in [7, 11) is 0. The first-order chi connectivity index (χ1) is 9.86. The highest BCUT2D eigenvalue weighted by molar-refractivity contribution is 5.32. The van der Waals surface area contributed by atoms with Crippen molar-refractivity contribution in [3.8, 4) is 0 Å². The second-order valence-electron chi connectivity index (χ2n) is 6.49. The van der Waals surface area contributed by atoms with Crippen LogP contribution in [0, 0.1) is 0 Å². The van der Waals surface area contributed by atoms with Crippen LogP contribution in [0.2, 0.25) is 0 Å². The van der Waals surface area contributed by atoms with Crippen LogP contribution in [0.25, 0.3) is 0 Å². The second-order valence-corrected chi connectivity index (χ2v) is 6.49. The molecule has 1 heterocycles. The van der Waals surface area contributed by atoms with Crippen molar-refractivity contribution in [3.63, 3.8) is 0 Å². The van der Waals surface area contributed by atoms with E-state index in [2.05, 4.69) is 41.4 Å². The monoisotopic (exact) mass is 272 g/mol. The Labute approximate surface area is 123 Å². The zero-order valence-corrected chi connectivity index (χ0v) is 12.8. The molecule has 1 saturated heterocycles. The minimum atomic E-state index is 0.715. The lowest BCUT2D eigenvalue weighted by Gasteiger charge is -2.37. The number of hydrogen-bond donors (Lipinski definition) is 1. The number of nitrogens with zero attached hydrogens (tertiary/aromatic N) is 1. The van der Waals surface area contributed by atoms with Gasteiger partial charge in [0, 0.05) is 32.2 Å². The van der Waals surface area contributed by atoms with Gasteiger partial charge in [0.25, 0.3) is 0 Å². The molecule has 1 aromatic carbocycles. The number of benzene rings is 1. The van der Waals surface area contributed by atoms with Gasteiger partial charge in [-0.25, -0.2) is 0 Å². The van der Waals surface area contributed by atoms with Crippen LogP contribution in [-0.2, 0) is 6.42 Å². The average molecular weight is 272 g/mol. The van der Waals surface area contributed by atoms with Gasteiger partial charge in [-0.05, 0) is 42.7 Å². The molecular formula is C18H28N2. The van der Waals surface area contributed by atoms with Crippen molar-refractivity contribution in [2.45, 2.75) is 51.0 Å². The minimum absolute atomic E-state index is 0.715. The van der Waals surface area contributed by atoms with E-state index >= 15 is 0 Å². The third-order valence-electron chi connectivity index (χ3n) is 4.95. The van der Waals surface area contributed by atoms with E-state index in [-0.39, 0.29) is 0 Å². The Morgan fingerprint density at radius 1 is 1.30 bits per heavy atom. The molecule has 110 valence electrons. The molecule has 0 bridgehead atoms. The maximum absolute atomic E-state index is 3.66. The van der Waals surface area contributed by atoms with Crippen LogP contribution < -0.4 is 5.32 Å². The number of fused-ring (bicyclic) bond motifs is 1. The average Bonchev–Trinajstić information content (AvgIpc) is 2.48. The third kappa shape index (κ3) is 3.24. The van der Waals surface area contributed by atoms with Crippen molar-refractivity contribution in [2.75, 3.05) is 26.2 Å². The summed E-state index contributed by atoms with van der Waals surface area (Å²) >= 11 is 0. The molecule has 0 amide bonds. The number of hydrogen-bond acceptors (Lipinski definition) is 2. The molecule has 0 radical (unpaired) electrons. The molecule has 1 aliphatic heterocycles. The maximum Gasteiger partial charge on any atom is 0.0195 e. The number of aryl methyl sites for hydroxylation is 1. The van der Waals surface area contributed by atoms with Crippen molar-refractivity contribution < 1.29 is 0 Å². The Kier molecular flexibility index (Phi) is 4.74. The molecule has 1 fully saturated rings. The number of nitrogens with one attached hydrogen (secondary N) is 1. The van der Waals surface area contributed by atoms with Crippen LogP contribution in [0.1, 0.15) is 49.7 Å². The summed E-state index contributed by atoms with van der Waals surface area (Å²) in [5.74, 6) is 0.764. The van der Waals surface area contributed by atoms with Crippen LogP contribution >= 0.6 is 0 Å². The lowest BCUT2D eigenvalue weighted by molar-refractivity contribution is 0.179. The Morgan fingerprint density at radius 2 is 2.20 bits per heavy atom. The molecule has 1 aliphatic carbocycles. The maximum atomic E-state index is 3.66. The topological polar surface area (TPSA) is 15.3 Å². The van der Waals surface area contributed by atoms with Crippen molar-refractivity contribution in [1.82, 2.24) is 10.2 Å². The molecule has 1 aromatic rings. The Morgan fingerprint density at radius 3 is 3.10 bits per heavy atom. The minimum Gasteiger partial charge on any atom is -0.311 e. The lowest BCUT2D eigenvalue weighted by atomic mass is 9.82. The van der Waals surface area contributed by atoms with Crippen LogP contribution in [-0.4, -0.2) is 37.1 Å². The van der Waals surface area contributed by atoms with E-state index in [9.17, 15) is 0 Å². The molecule has 0 spiro atoms. The van der Waals surface area contributed by atoms with E-state index in [0.29, 0.717) is 6.04 Å². The molecule has 20 heavy (non-hydrogen) atoms. The molecule has 1 N–H and O–H groups in total. The first kappa shape index (κ1) is 14.1. The van der Waals surface area contributed by atoms with Gasteiger partial charge < -0.3 is 5.32 Å². The SMILES string of the molecule is CCCC1CN(CC2CCCc3ccccc32)CCN1.